The molecular formula is C8H17NO. The molecule has 2 heteroatoms. The van der Waals surface area contributed by atoms with E-state index in [1.165, 1.54) is 25.9 Å². The van der Waals surface area contributed by atoms with Gasteiger partial charge in [-0.1, -0.05) is 6.92 Å². The summed E-state index contributed by atoms with van der Waals surface area (Å²) in [6, 6.07) is 1.05. The van der Waals surface area contributed by atoms with Crippen molar-refractivity contribution < 1.29 is 5.11 Å². The second kappa shape index (κ2) is 3.94. The summed E-state index contributed by atoms with van der Waals surface area (Å²) in [5, 5.41) is 7.88. The van der Waals surface area contributed by atoms with E-state index in [1.807, 2.05) is 6.92 Å². The molecule has 2 rings (SSSR count). The van der Waals surface area contributed by atoms with Gasteiger partial charge in [0.1, 0.15) is 0 Å². The summed E-state index contributed by atoms with van der Waals surface area (Å²) in [7, 11) is 0. The third-order valence-electron chi connectivity index (χ3n) is 2.24. The fraction of sp³-hybridized carbons (Fsp3) is 1.00. The van der Waals surface area contributed by atoms with E-state index >= 15 is 0 Å². The van der Waals surface area contributed by atoms with Crippen LogP contribution in [0.1, 0.15) is 26.2 Å². The lowest BCUT2D eigenvalue weighted by atomic mass is 9.91. The highest BCUT2D eigenvalue weighted by atomic mass is 16.2. The van der Waals surface area contributed by atoms with Gasteiger partial charge in [-0.25, -0.2) is 0 Å². The third-order valence-corrected chi connectivity index (χ3v) is 2.24. The molecule has 0 aromatic heterocycles. The van der Waals surface area contributed by atoms with E-state index in [-0.39, 0.29) is 0 Å². The van der Waals surface area contributed by atoms with Gasteiger partial charge < -0.3 is 10.0 Å². The first-order valence-corrected chi connectivity index (χ1v) is 4.23. The van der Waals surface area contributed by atoms with Crippen LogP contribution in [0, 0.1) is 0 Å². The molecule has 0 bridgehead atoms. The first kappa shape index (κ1) is 8.02. The Morgan fingerprint density at radius 2 is 1.80 bits per heavy atom. The van der Waals surface area contributed by atoms with E-state index in [0.717, 1.165) is 12.5 Å². The van der Waals surface area contributed by atoms with Crippen molar-refractivity contribution in [2.24, 2.45) is 0 Å². The summed E-state index contributed by atoms with van der Waals surface area (Å²) in [4.78, 5) is 2.53. The molecule has 2 fully saturated rings. The van der Waals surface area contributed by atoms with E-state index in [4.69, 9.17) is 5.11 Å². The van der Waals surface area contributed by atoms with Gasteiger partial charge in [0.2, 0.25) is 0 Å². The van der Waals surface area contributed by atoms with E-state index in [2.05, 4.69) is 4.90 Å². The van der Waals surface area contributed by atoms with E-state index in [9.17, 15) is 0 Å². The number of fused-ring (bicyclic) bond motifs is 1. The van der Waals surface area contributed by atoms with Gasteiger partial charge in [0, 0.05) is 12.6 Å². The summed E-state index contributed by atoms with van der Waals surface area (Å²) >= 11 is 0. The molecule has 0 aromatic carbocycles. The Morgan fingerprint density at radius 1 is 1.40 bits per heavy atom. The first-order chi connectivity index (χ1) is 4.88. The maximum atomic E-state index is 7.88. The van der Waals surface area contributed by atoms with Crippen LogP contribution in [0.5, 0.6) is 0 Å². The highest BCUT2D eigenvalue weighted by Crippen LogP contribution is 2.28. The predicted molar refractivity (Wildman–Crippen MR) is 42.0 cm³/mol. The summed E-state index contributed by atoms with van der Waals surface area (Å²) in [5.74, 6) is 0. The molecule has 2 aliphatic heterocycles. The maximum absolute atomic E-state index is 7.88. The van der Waals surface area contributed by atoms with Gasteiger partial charge in [0.25, 0.3) is 0 Å². The third kappa shape index (κ3) is 1.70. The van der Waals surface area contributed by atoms with Gasteiger partial charge in [-0.15, -0.1) is 0 Å². The molecule has 0 saturated carbocycles. The molecule has 2 heterocycles. The lowest BCUT2D eigenvalue weighted by molar-refractivity contribution is -0.00222. The van der Waals surface area contributed by atoms with Crippen molar-refractivity contribution >= 4 is 0 Å². The average Bonchev–Trinajstić information content (AvgIpc) is 1.97. The lowest BCUT2D eigenvalue weighted by Crippen LogP contribution is -2.57. The van der Waals surface area contributed by atoms with E-state index < -0.39 is 0 Å². The molecule has 1 N–H and O–H groups in total. The Bertz CT molecular complexity index is 75.3. The summed E-state index contributed by atoms with van der Waals surface area (Å²) in [6.07, 6.45) is 3.85. The van der Waals surface area contributed by atoms with Gasteiger partial charge >= 0.3 is 0 Å². The number of aliphatic hydroxyl groups excluding tert-OH is 1. The van der Waals surface area contributed by atoms with Crippen LogP contribution in [-0.2, 0) is 0 Å². The molecule has 0 aliphatic carbocycles. The summed E-state index contributed by atoms with van der Waals surface area (Å²) < 4.78 is 0. The van der Waals surface area contributed by atoms with Crippen molar-refractivity contribution in [2.75, 3.05) is 19.7 Å². The number of rotatable bonds is 1. The van der Waals surface area contributed by atoms with Crippen LogP contribution in [0.25, 0.3) is 0 Å². The lowest BCUT2D eigenvalue weighted by Gasteiger charge is -2.50. The molecule has 60 valence electrons. The van der Waals surface area contributed by atoms with Gasteiger partial charge in [-0.05, 0) is 32.4 Å². The monoisotopic (exact) mass is 143 g/mol. The maximum Gasteiger partial charge on any atom is 0.0428 e. The standard InChI is InChI=1S/C5H9N.C3H8O/c1-3-6-4-2-5(1)6;1-2-3-4/h5H,1-4H2;4H,2-3H2,1H3. The van der Waals surface area contributed by atoms with E-state index in [0.29, 0.717) is 6.61 Å². The van der Waals surface area contributed by atoms with Gasteiger partial charge in [0.15, 0.2) is 0 Å². The normalized spacial score (nSPS) is 23.4. The molecule has 0 amide bonds. The zero-order valence-electron chi connectivity index (χ0n) is 6.71. The van der Waals surface area contributed by atoms with Crippen LogP contribution in [0.15, 0.2) is 0 Å². The Hall–Kier alpha value is -0.0800. The van der Waals surface area contributed by atoms with Crippen LogP contribution in [0.2, 0.25) is 0 Å². The first-order valence-electron chi connectivity index (χ1n) is 4.23. The van der Waals surface area contributed by atoms with Crippen molar-refractivity contribution in [1.29, 1.82) is 0 Å². The molecule has 2 aliphatic rings. The Balaban J connectivity index is 0.000000112. The predicted octanol–water partition coefficient (Wildman–Crippen LogP) is 0.853. The van der Waals surface area contributed by atoms with Crippen molar-refractivity contribution in [3.05, 3.63) is 0 Å². The number of piperidine rings is 1. The molecule has 2 saturated heterocycles. The van der Waals surface area contributed by atoms with Gasteiger partial charge in [0.05, 0.1) is 0 Å². The minimum Gasteiger partial charge on any atom is -0.396 e. The number of hydrogen-bond acceptors (Lipinski definition) is 2. The Labute approximate surface area is 62.8 Å². The van der Waals surface area contributed by atoms with Crippen LogP contribution in [0.3, 0.4) is 0 Å². The molecule has 0 radical (unpaired) electrons. The molecule has 2 nitrogen and oxygen atoms in total. The van der Waals surface area contributed by atoms with Crippen LogP contribution >= 0.6 is 0 Å². The summed E-state index contributed by atoms with van der Waals surface area (Å²) in [5.41, 5.74) is 0. The average molecular weight is 143 g/mol. The molecule has 0 aromatic rings. The topological polar surface area (TPSA) is 23.5 Å². The summed E-state index contributed by atoms with van der Waals surface area (Å²) in [6.45, 7) is 5.04. The quantitative estimate of drug-likeness (QED) is 0.588. The van der Waals surface area contributed by atoms with Crippen LogP contribution < -0.4 is 0 Å². The largest absolute Gasteiger partial charge is 0.396 e. The Morgan fingerprint density at radius 3 is 1.80 bits per heavy atom. The molecule has 0 atom stereocenters. The fourth-order valence-electron chi connectivity index (χ4n) is 1.24. The van der Waals surface area contributed by atoms with Crippen molar-refractivity contribution in [3.8, 4) is 0 Å². The zero-order valence-corrected chi connectivity index (χ0v) is 6.71. The smallest absolute Gasteiger partial charge is 0.0428 e. The highest BCUT2D eigenvalue weighted by Gasteiger charge is 2.34. The molecule has 10 heavy (non-hydrogen) atoms. The number of nitrogens with zero attached hydrogens (tertiary/aromatic N) is 1. The molecule has 0 unspecified atom stereocenters. The van der Waals surface area contributed by atoms with Gasteiger partial charge in [-0.2, -0.15) is 0 Å². The second-order valence-electron chi connectivity index (χ2n) is 2.99. The van der Waals surface area contributed by atoms with Crippen molar-refractivity contribution in [2.45, 2.75) is 32.2 Å². The van der Waals surface area contributed by atoms with Crippen LogP contribution in [-0.4, -0.2) is 35.7 Å². The minimum atomic E-state index is 0.319. The van der Waals surface area contributed by atoms with E-state index in [1.54, 1.807) is 0 Å². The van der Waals surface area contributed by atoms with Gasteiger partial charge in [-0.3, -0.25) is 0 Å². The highest BCUT2D eigenvalue weighted by molar-refractivity contribution is 4.91. The Kier molecular flexibility index (Phi) is 3.16. The number of hydrogen-bond donors (Lipinski definition) is 1. The van der Waals surface area contributed by atoms with Crippen molar-refractivity contribution in [1.82, 2.24) is 4.90 Å². The second-order valence-corrected chi connectivity index (χ2v) is 2.99. The molecular weight excluding hydrogens is 126 g/mol. The fourth-order valence-corrected chi connectivity index (χ4v) is 1.24. The molecule has 0 spiro atoms. The van der Waals surface area contributed by atoms with Crippen molar-refractivity contribution in [3.63, 3.8) is 0 Å². The zero-order chi connectivity index (χ0) is 7.40. The minimum absolute atomic E-state index is 0.319. The SMILES string of the molecule is C1CN2CCC12.CCCO. The van der Waals surface area contributed by atoms with Crippen LogP contribution in [0.4, 0.5) is 0 Å². The number of aliphatic hydroxyl groups is 1.